The maximum Gasteiger partial charge on any atom is 0.137 e. The van der Waals surface area contributed by atoms with Crippen LogP contribution in [0.1, 0.15) is 5.56 Å². The van der Waals surface area contributed by atoms with Gasteiger partial charge in [-0.05, 0) is 22.0 Å². The van der Waals surface area contributed by atoms with Gasteiger partial charge in [0.15, 0.2) is 0 Å². The molecule has 0 atom stereocenters. The smallest absolute Gasteiger partial charge is 0.137 e. The van der Waals surface area contributed by atoms with Gasteiger partial charge in [0.1, 0.15) is 24.7 Å². The second kappa shape index (κ2) is 7.14. The summed E-state index contributed by atoms with van der Waals surface area (Å²) in [5, 5.41) is 9.23. The van der Waals surface area contributed by atoms with Crippen molar-refractivity contribution in [3.05, 3.63) is 47.5 Å². The second-order valence-electron chi connectivity index (χ2n) is 3.25. The molecule has 0 fully saturated rings. The van der Waals surface area contributed by atoms with Crippen molar-refractivity contribution >= 4 is 15.9 Å². The first-order valence-electron chi connectivity index (χ1n) is 5.13. The Bertz CT molecular complexity index is 402. The summed E-state index contributed by atoms with van der Waals surface area (Å²) in [5.74, 6) is 1.25. The van der Waals surface area contributed by atoms with Gasteiger partial charge >= 0.3 is 0 Å². The van der Waals surface area contributed by atoms with Gasteiger partial charge in [-0.15, -0.1) is 0 Å². The van der Waals surface area contributed by atoms with Crippen molar-refractivity contribution in [2.24, 2.45) is 0 Å². The number of hydrogen-bond donors (Lipinski definition) is 1. The van der Waals surface area contributed by atoms with Gasteiger partial charge in [-0.2, -0.15) is 0 Å². The Hall–Kier alpha value is -1.26. The molecule has 1 aromatic rings. The van der Waals surface area contributed by atoms with Crippen LogP contribution in [0.25, 0.3) is 0 Å². The summed E-state index contributed by atoms with van der Waals surface area (Å²) in [6.07, 6.45) is 3.31. The molecule has 0 bridgehead atoms. The number of benzene rings is 1. The maximum atomic E-state index is 9.23. The summed E-state index contributed by atoms with van der Waals surface area (Å²) in [7, 11) is 0. The molecule has 0 spiro atoms. The number of halogens is 1. The third-order valence-corrected chi connectivity index (χ3v) is 2.62. The minimum absolute atomic E-state index is 0.0905. The molecular formula is C13H15BrO3. The number of hydrogen-bond acceptors (Lipinski definition) is 3. The standard InChI is InChI=1S/C13H15BrO3/c1-3-5-16-12-8-13(17-6-4-2)11(14)7-10(12)9-15/h3-4,7-8,15H,1-2,5-6,9H2. The molecule has 17 heavy (non-hydrogen) atoms. The third kappa shape index (κ3) is 3.91. The van der Waals surface area contributed by atoms with E-state index in [9.17, 15) is 5.11 Å². The lowest BCUT2D eigenvalue weighted by Crippen LogP contribution is -2.00. The molecule has 92 valence electrons. The fourth-order valence-corrected chi connectivity index (χ4v) is 1.75. The first kappa shape index (κ1) is 13.8. The number of aliphatic hydroxyl groups excluding tert-OH is 1. The summed E-state index contributed by atoms with van der Waals surface area (Å²) in [5.41, 5.74) is 0.699. The van der Waals surface area contributed by atoms with E-state index < -0.39 is 0 Å². The zero-order valence-electron chi connectivity index (χ0n) is 9.49. The monoisotopic (exact) mass is 298 g/mol. The van der Waals surface area contributed by atoms with E-state index in [0.29, 0.717) is 30.3 Å². The van der Waals surface area contributed by atoms with Crippen molar-refractivity contribution in [1.82, 2.24) is 0 Å². The van der Waals surface area contributed by atoms with Crippen LogP contribution in [0, 0.1) is 0 Å². The summed E-state index contributed by atoms with van der Waals surface area (Å²) in [6.45, 7) is 7.87. The van der Waals surface area contributed by atoms with Crippen LogP contribution in [0.4, 0.5) is 0 Å². The summed E-state index contributed by atoms with van der Waals surface area (Å²) < 4.78 is 11.7. The number of ether oxygens (including phenoxy) is 2. The zero-order valence-corrected chi connectivity index (χ0v) is 11.1. The van der Waals surface area contributed by atoms with E-state index in [1.54, 1.807) is 24.3 Å². The topological polar surface area (TPSA) is 38.7 Å². The predicted molar refractivity (Wildman–Crippen MR) is 71.4 cm³/mol. The van der Waals surface area contributed by atoms with Gasteiger partial charge in [0, 0.05) is 11.6 Å². The lowest BCUT2D eigenvalue weighted by atomic mass is 10.2. The van der Waals surface area contributed by atoms with Crippen molar-refractivity contribution in [2.45, 2.75) is 6.61 Å². The fourth-order valence-electron chi connectivity index (χ4n) is 1.24. The average Bonchev–Trinajstić information content (AvgIpc) is 2.35. The molecule has 0 heterocycles. The van der Waals surface area contributed by atoms with Crippen LogP contribution in [0.5, 0.6) is 11.5 Å². The Morgan fingerprint density at radius 2 is 1.71 bits per heavy atom. The van der Waals surface area contributed by atoms with Crippen LogP contribution in [0.15, 0.2) is 41.9 Å². The molecule has 3 nitrogen and oxygen atoms in total. The molecule has 0 aliphatic carbocycles. The molecule has 0 saturated carbocycles. The highest BCUT2D eigenvalue weighted by atomic mass is 79.9. The molecule has 0 amide bonds. The van der Waals surface area contributed by atoms with Crippen molar-refractivity contribution < 1.29 is 14.6 Å². The highest BCUT2D eigenvalue weighted by molar-refractivity contribution is 9.10. The normalized spacial score (nSPS) is 9.76. The Balaban J connectivity index is 2.98. The predicted octanol–water partition coefficient (Wildman–Crippen LogP) is 3.07. The van der Waals surface area contributed by atoms with Crippen molar-refractivity contribution in [3.63, 3.8) is 0 Å². The first-order valence-corrected chi connectivity index (χ1v) is 5.93. The molecule has 0 aromatic heterocycles. The van der Waals surface area contributed by atoms with Gasteiger partial charge in [0.2, 0.25) is 0 Å². The van der Waals surface area contributed by atoms with Crippen LogP contribution >= 0.6 is 15.9 Å². The lowest BCUT2D eigenvalue weighted by molar-refractivity contribution is 0.268. The van der Waals surface area contributed by atoms with Crippen LogP contribution in [-0.4, -0.2) is 18.3 Å². The van der Waals surface area contributed by atoms with E-state index >= 15 is 0 Å². The third-order valence-electron chi connectivity index (χ3n) is 2.00. The van der Waals surface area contributed by atoms with E-state index in [0.717, 1.165) is 4.47 Å². The van der Waals surface area contributed by atoms with E-state index in [1.807, 2.05) is 0 Å². The molecule has 0 radical (unpaired) electrons. The molecule has 4 heteroatoms. The van der Waals surface area contributed by atoms with Crippen molar-refractivity contribution in [2.75, 3.05) is 13.2 Å². The van der Waals surface area contributed by atoms with Crippen molar-refractivity contribution in [1.29, 1.82) is 0 Å². The van der Waals surface area contributed by atoms with Gasteiger partial charge < -0.3 is 14.6 Å². The molecule has 0 unspecified atom stereocenters. The number of aliphatic hydroxyl groups is 1. The highest BCUT2D eigenvalue weighted by Crippen LogP contribution is 2.33. The molecule has 0 aliphatic rings. The SMILES string of the molecule is C=CCOc1cc(OCC=C)c(CO)cc1Br. The molecule has 0 aliphatic heterocycles. The Morgan fingerprint density at radius 1 is 1.12 bits per heavy atom. The Labute approximate surface area is 109 Å². The van der Waals surface area contributed by atoms with E-state index in [1.165, 1.54) is 0 Å². The number of rotatable bonds is 7. The first-order chi connectivity index (χ1) is 8.22. The van der Waals surface area contributed by atoms with E-state index in [4.69, 9.17) is 9.47 Å². The van der Waals surface area contributed by atoms with E-state index in [2.05, 4.69) is 29.1 Å². The minimum Gasteiger partial charge on any atom is -0.489 e. The van der Waals surface area contributed by atoms with Crippen LogP contribution < -0.4 is 9.47 Å². The quantitative estimate of drug-likeness (QED) is 0.786. The minimum atomic E-state index is -0.0905. The van der Waals surface area contributed by atoms with Gasteiger partial charge in [0.25, 0.3) is 0 Å². The zero-order chi connectivity index (χ0) is 12.7. The maximum absolute atomic E-state index is 9.23. The summed E-state index contributed by atoms with van der Waals surface area (Å²) >= 11 is 3.37. The largest absolute Gasteiger partial charge is 0.489 e. The Kier molecular flexibility index (Phi) is 5.80. The molecule has 0 saturated heterocycles. The van der Waals surface area contributed by atoms with Gasteiger partial charge in [0.05, 0.1) is 11.1 Å². The van der Waals surface area contributed by atoms with Gasteiger partial charge in [-0.25, -0.2) is 0 Å². The van der Waals surface area contributed by atoms with Crippen LogP contribution in [0.3, 0.4) is 0 Å². The summed E-state index contributed by atoms with van der Waals surface area (Å²) in [4.78, 5) is 0. The van der Waals surface area contributed by atoms with Gasteiger partial charge in [-0.1, -0.05) is 25.3 Å². The molecular weight excluding hydrogens is 284 g/mol. The molecule has 1 aromatic carbocycles. The fraction of sp³-hybridized carbons (Fsp3) is 0.231. The highest BCUT2D eigenvalue weighted by Gasteiger charge is 2.09. The average molecular weight is 299 g/mol. The lowest BCUT2D eigenvalue weighted by Gasteiger charge is -2.13. The van der Waals surface area contributed by atoms with Crippen LogP contribution in [-0.2, 0) is 6.61 Å². The second-order valence-corrected chi connectivity index (χ2v) is 4.10. The molecule has 1 N–H and O–H groups in total. The van der Waals surface area contributed by atoms with Gasteiger partial charge in [-0.3, -0.25) is 0 Å². The van der Waals surface area contributed by atoms with Crippen molar-refractivity contribution in [3.8, 4) is 11.5 Å². The molecule has 1 rings (SSSR count). The van der Waals surface area contributed by atoms with E-state index in [-0.39, 0.29) is 6.61 Å². The summed E-state index contributed by atoms with van der Waals surface area (Å²) in [6, 6.07) is 3.51. The van der Waals surface area contributed by atoms with Crippen LogP contribution in [0.2, 0.25) is 0 Å². The Morgan fingerprint density at radius 3 is 2.24 bits per heavy atom.